The molecule has 128 valence electrons. The van der Waals surface area contributed by atoms with Crippen LogP contribution in [0.3, 0.4) is 0 Å². The summed E-state index contributed by atoms with van der Waals surface area (Å²) in [5, 5.41) is 15.9. The molecule has 1 saturated heterocycles. The van der Waals surface area contributed by atoms with Crippen LogP contribution in [0.5, 0.6) is 5.75 Å². The summed E-state index contributed by atoms with van der Waals surface area (Å²) in [6.45, 7) is 0.964. The van der Waals surface area contributed by atoms with Gasteiger partial charge in [-0.05, 0) is 17.7 Å². The maximum Gasteiger partial charge on any atom is 0.227 e. The van der Waals surface area contributed by atoms with Crippen LogP contribution < -0.4 is 15.4 Å². The lowest BCUT2D eigenvalue weighted by Gasteiger charge is -2.22. The van der Waals surface area contributed by atoms with Crippen LogP contribution in [0.2, 0.25) is 0 Å². The number of carbonyl (C=O) groups excluding carboxylic acids is 1. The molecule has 0 spiro atoms. The Hall–Kier alpha value is -1.64. The minimum Gasteiger partial charge on any atom is -0.497 e. The lowest BCUT2D eigenvalue weighted by molar-refractivity contribution is -0.116. The van der Waals surface area contributed by atoms with Crippen LogP contribution >= 0.6 is 23.1 Å². The zero-order chi connectivity index (χ0) is 16.8. The van der Waals surface area contributed by atoms with Crippen molar-refractivity contribution in [3.63, 3.8) is 0 Å². The number of ether oxygens (including phenoxy) is 1. The Kier molecular flexibility index (Phi) is 6.06. The van der Waals surface area contributed by atoms with Crippen LogP contribution in [0, 0.1) is 0 Å². The van der Waals surface area contributed by atoms with Gasteiger partial charge in [0.05, 0.1) is 7.11 Å². The van der Waals surface area contributed by atoms with Crippen LogP contribution in [0.15, 0.2) is 24.3 Å². The van der Waals surface area contributed by atoms with E-state index in [1.165, 1.54) is 11.3 Å². The number of benzene rings is 1. The molecular weight excluding hydrogens is 344 g/mol. The van der Waals surface area contributed by atoms with E-state index >= 15 is 0 Å². The van der Waals surface area contributed by atoms with Crippen LogP contribution in [0.4, 0.5) is 5.13 Å². The van der Waals surface area contributed by atoms with Crippen LogP contribution in [-0.2, 0) is 11.2 Å². The number of nitrogens with zero attached hydrogens (tertiary/aromatic N) is 2. The lowest BCUT2D eigenvalue weighted by atomic mass is 10.1. The molecule has 2 N–H and O–H groups in total. The van der Waals surface area contributed by atoms with Crippen LogP contribution in [0.1, 0.15) is 17.0 Å². The van der Waals surface area contributed by atoms with Crippen LogP contribution in [-0.4, -0.2) is 47.3 Å². The van der Waals surface area contributed by atoms with Crippen molar-refractivity contribution in [1.29, 1.82) is 0 Å². The third-order valence-electron chi connectivity index (χ3n) is 3.63. The molecule has 24 heavy (non-hydrogen) atoms. The first-order valence-electron chi connectivity index (χ1n) is 7.79. The minimum atomic E-state index is -0.0147. The summed E-state index contributed by atoms with van der Waals surface area (Å²) in [7, 11) is 1.65. The molecule has 1 aliphatic heterocycles. The predicted octanol–water partition coefficient (Wildman–Crippen LogP) is 2.17. The van der Waals surface area contributed by atoms with E-state index in [-0.39, 0.29) is 11.9 Å². The van der Waals surface area contributed by atoms with Crippen molar-refractivity contribution < 1.29 is 9.53 Å². The standard InChI is InChI=1S/C16H20N4O2S2/c1-22-13-4-2-3-11(7-13)8-15-19-20-16(24-15)18-14(21)9-12-10-23-6-5-17-12/h2-4,7,12,17H,5-6,8-10H2,1H3,(H,18,20,21). The number of amides is 1. The SMILES string of the molecule is COc1cccc(Cc2nnc(NC(=O)CC3CSCCN3)s2)c1. The van der Waals surface area contributed by atoms with Gasteiger partial charge in [-0.15, -0.1) is 10.2 Å². The fraction of sp³-hybridized carbons (Fsp3) is 0.438. The fourth-order valence-electron chi connectivity index (χ4n) is 2.48. The molecule has 1 amide bonds. The molecule has 1 fully saturated rings. The molecule has 2 heterocycles. The number of nitrogens with one attached hydrogen (secondary N) is 2. The number of aromatic nitrogens is 2. The van der Waals surface area contributed by atoms with E-state index in [1.807, 2.05) is 36.0 Å². The Balaban J connectivity index is 1.53. The first kappa shape index (κ1) is 17.2. The Bertz CT molecular complexity index is 686. The predicted molar refractivity (Wildman–Crippen MR) is 98.1 cm³/mol. The number of hydrogen-bond acceptors (Lipinski definition) is 7. The summed E-state index contributed by atoms with van der Waals surface area (Å²) >= 11 is 3.29. The number of anilines is 1. The molecule has 3 rings (SSSR count). The van der Waals surface area contributed by atoms with Gasteiger partial charge in [0.25, 0.3) is 0 Å². The van der Waals surface area contributed by atoms with Gasteiger partial charge in [-0.3, -0.25) is 4.79 Å². The molecular formula is C16H20N4O2S2. The van der Waals surface area contributed by atoms with Crippen molar-refractivity contribution in [3.8, 4) is 5.75 Å². The number of methoxy groups -OCH3 is 1. The van der Waals surface area contributed by atoms with E-state index in [0.717, 1.165) is 34.4 Å². The molecule has 1 aromatic heterocycles. The Morgan fingerprint density at radius 2 is 2.38 bits per heavy atom. The third kappa shape index (κ3) is 4.93. The quantitative estimate of drug-likeness (QED) is 0.818. The molecule has 0 bridgehead atoms. The topological polar surface area (TPSA) is 76.1 Å². The average molecular weight is 364 g/mol. The van der Waals surface area contributed by atoms with Gasteiger partial charge in [0, 0.05) is 36.9 Å². The number of rotatable bonds is 6. The molecule has 0 aliphatic carbocycles. The van der Waals surface area contributed by atoms with Gasteiger partial charge in [0.2, 0.25) is 11.0 Å². The van der Waals surface area contributed by atoms with Crippen molar-refractivity contribution in [3.05, 3.63) is 34.8 Å². The normalized spacial score (nSPS) is 17.5. The highest BCUT2D eigenvalue weighted by atomic mass is 32.2. The van der Waals surface area contributed by atoms with E-state index in [2.05, 4.69) is 20.8 Å². The summed E-state index contributed by atoms with van der Waals surface area (Å²) in [4.78, 5) is 12.1. The number of hydrogen-bond donors (Lipinski definition) is 2. The first-order chi connectivity index (χ1) is 11.7. The third-order valence-corrected chi connectivity index (χ3v) is 5.60. The average Bonchev–Trinajstić information content (AvgIpc) is 3.02. The zero-order valence-corrected chi connectivity index (χ0v) is 15.1. The van der Waals surface area contributed by atoms with Crippen LogP contribution in [0.25, 0.3) is 0 Å². The maximum atomic E-state index is 12.1. The minimum absolute atomic E-state index is 0.0147. The second kappa shape index (κ2) is 8.46. The molecule has 0 radical (unpaired) electrons. The van der Waals surface area contributed by atoms with E-state index in [0.29, 0.717) is 18.0 Å². The van der Waals surface area contributed by atoms with Gasteiger partial charge in [-0.1, -0.05) is 23.5 Å². The van der Waals surface area contributed by atoms with Crippen molar-refractivity contribution in [1.82, 2.24) is 15.5 Å². The molecule has 1 unspecified atom stereocenters. The highest BCUT2D eigenvalue weighted by Crippen LogP contribution is 2.21. The molecule has 6 nitrogen and oxygen atoms in total. The fourth-order valence-corrected chi connectivity index (χ4v) is 4.22. The highest BCUT2D eigenvalue weighted by molar-refractivity contribution is 7.99. The summed E-state index contributed by atoms with van der Waals surface area (Å²) in [6.07, 6.45) is 1.14. The van der Waals surface area contributed by atoms with Gasteiger partial charge < -0.3 is 15.4 Å². The Morgan fingerprint density at radius 1 is 1.46 bits per heavy atom. The maximum absolute atomic E-state index is 12.1. The van der Waals surface area contributed by atoms with Gasteiger partial charge in [0.15, 0.2) is 0 Å². The van der Waals surface area contributed by atoms with Gasteiger partial charge >= 0.3 is 0 Å². The lowest BCUT2D eigenvalue weighted by Crippen LogP contribution is -2.39. The summed E-state index contributed by atoms with van der Waals surface area (Å²) in [5.41, 5.74) is 1.10. The van der Waals surface area contributed by atoms with E-state index in [4.69, 9.17) is 4.74 Å². The van der Waals surface area contributed by atoms with Crippen molar-refractivity contribution >= 4 is 34.1 Å². The monoisotopic (exact) mass is 364 g/mol. The highest BCUT2D eigenvalue weighted by Gasteiger charge is 2.17. The van der Waals surface area contributed by atoms with E-state index in [9.17, 15) is 4.79 Å². The Labute approximate surface area is 149 Å². The summed E-state index contributed by atoms with van der Waals surface area (Å²) < 4.78 is 5.23. The smallest absolute Gasteiger partial charge is 0.227 e. The van der Waals surface area contributed by atoms with Gasteiger partial charge in [0.1, 0.15) is 10.8 Å². The van der Waals surface area contributed by atoms with E-state index < -0.39 is 0 Å². The van der Waals surface area contributed by atoms with Crippen molar-refractivity contribution in [2.24, 2.45) is 0 Å². The molecule has 0 saturated carbocycles. The van der Waals surface area contributed by atoms with Gasteiger partial charge in [-0.25, -0.2) is 0 Å². The van der Waals surface area contributed by atoms with E-state index in [1.54, 1.807) is 7.11 Å². The van der Waals surface area contributed by atoms with Crippen molar-refractivity contribution in [2.75, 3.05) is 30.5 Å². The number of carbonyl (C=O) groups is 1. The second-order valence-electron chi connectivity index (χ2n) is 5.51. The first-order valence-corrected chi connectivity index (χ1v) is 9.76. The molecule has 1 atom stereocenters. The largest absolute Gasteiger partial charge is 0.497 e. The molecule has 8 heteroatoms. The summed E-state index contributed by atoms with van der Waals surface area (Å²) in [6, 6.07) is 8.11. The number of thioether (sulfide) groups is 1. The molecule has 2 aromatic rings. The molecule has 1 aliphatic rings. The van der Waals surface area contributed by atoms with Gasteiger partial charge in [-0.2, -0.15) is 11.8 Å². The summed E-state index contributed by atoms with van der Waals surface area (Å²) in [5.74, 6) is 2.90. The molecule has 1 aromatic carbocycles. The Morgan fingerprint density at radius 3 is 3.17 bits per heavy atom. The second-order valence-corrected chi connectivity index (χ2v) is 7.72. The zero-order valence-electron chi connectivity index (χ0n) is 13.4. The van der Waals surface area contributed by atoms with Crippen molar-refractivity contribution in [2.45, 2.75) is 18.9 Å².